The molecule has 1 unspecified atom stereocenters. The highest BCUT2D eigenvalue weighted by Gasteiger charge is 2.25. The van der Waals surface area contributed by atoms with Crippen LogP contribution in [0.1, 0.15) is 19.8 Å². The van der Waals surface area contributed by atoms with Crippen molar-refractivity contribution >= 4 is 21.8 Å². The normalized spacial score (nSPS) is 18.2. The van der Waals surface area contributed by atoms with E-state index in [0.717, 1.165) is 13.0 Å². The summed E-state index contributed by atoms with van der Waals surface area (Å²) < 4.78 is 38.7. The molecular formula is C17H29FN6O2S. The summed E-state index contributed by atoms with van der Waals surface area (Å²) in [6, 6.07) is 3.14. The Morgan fingerprint density at radius 1 is 1.52 bits per heavy atom. The molecule has 2 N–H and O–H groups in total. The number of aromatic nitrogens is 1. The highest BCUT2D eigenvalue weighted by molar-refractivity contribution is 7.89. The van der Waals surface area contributed by atoms with Crippen LogP contribution in [0.4, 0.5) is 10.2 Å². The maximum absolute atomic E-state index is 13.9. The molecule has 2 heterocycles. The van der Waals surface area contributed by atoms with Gasteiger partial charge in [0.2, 0.25) is 10.0 Å². The number of rotatable bonds is 8. The predicted octanol–water partition coefficient (Wildman–Crippen LogP) is 0.636. The summed E-state index contributed by atoms with van der Waals surface area (Å²) in [5.41, 5.74) is 0. The van der Waals surface area contributed by atoms with E-state index in [4.69, 9.17) is 0 Å². The lowest BCUT2D eigenvalue weighted by Gasteiger charge is -2.20. The SMILES string of the molecule is CCS(=O)(=O)N(C)CCCNC(=NC)NC1CCN(c2ncccc2F)C1. The van der Waals surface area contributed by atoms with Crippen LogP contribution in [0.2, 0.25) is 0 Å². The fourth-order valence-electron chi connectivity index (χ4n) is 2.94. The Kier molecular flexibility index (Phi) is 7.78. The molecule has 1 aliphatic heterocycles. The number of guanidine groups is 1. The van der Waals surface area contributed by atoms with E-state index in [2.05, 4.69) is 20.6 Å². The van der Waals surface area contributed by atoms with Crippen LogP contribution in [0, 0.1) is 5.82 Å². The number of aliphatic imine (C=N–C) groups is 1. The van der Waals surface area contributed by atoms with Gasteiger partial charge in [-0.25, -0.2) is 22.1 Å². The lowest BCUT2D eigenvalue weighted by atomic mass is 10.3. The van der Waals surface area contributed by atoms with Crippen molar-refractivity contribution in [1.29, 1.82) is 0 Å². The molecule has 10 heteroatoms. The highest BCUT2D eigenvalue weighted by atomic mass is 32.2. The highest BCUT2D eigenvalue weighted by Crippen LogP contribution is 2.20. The van der Waals surface area contributed by atoms with Crippen molar-refractivity contribution in [3.63, 3.8) is 0 Å². The summed E-state index contributed by atoms with van der Waals surface area (Å²) in [7, 11) is 0.140. The summed E-state index contributed by atoms with van der Waals surface area (Å²) in [4.78, 5) is 10.2. The fourth-order valence-corrected chi connectivity index (χ4v) is 3.78. The standard InChI is InChI=1S/C17H29FN6O2S/c1-4-27(25,26)23(3)11-6-10-21-17(19-2)22-14-8-12-24(13-14)16-15(18)7-5-9-20-16/h5,7,9,14H,4,6,8,10-13H2,1-3H3,(H2,19,21,22). The van der Waals surface area contributed by atoms with Crippen LogP contribution in [0.25, 0.3) is 0 Å². The van der Waals surface area contributed by atoms with Gasteiger partial charge in [-0.05, 0) is 31.9 Å². The summed E-state index contributed by atoms with van der Waals surface area (Å²) in [5, 5.41) is 6.53. The zero-order valence-corrected chi connectivity index (χ0v) is 17.0. The van der Waals surface area contributed by atoms with Crippen LogP contribution in [0.5, 0.6) is 0 Å². The van der Waals surface area contributed by atoms with Gasteiger partial charge in [-0.2, -0.15) is 0 Å². The summed E-state index contributed by atoms with van der Waals surface area (Å²) in [6.45, 7) is 4.07. The van der Waals surface area contributed by atoms with Crippen molar-refractivity contribution in [3.8, 4) is 0 Å². The van der Waals surface area contributed by atoms with E-state index in [1.165, 1.54) is 10.4 Å². The average molecular weight is 401 g/mol. The Balaban J connectivity index is 1.75. The zero-order chi connectivity index (χ0) is 19.9. The van der Waals surface area contributed by atoms with Gasteiger partial charge in [-0.3, -0.25) is 4.99 Å². The topological polar surface area (TPSA) is 89.9 Å². The van der Waals surface area contributed by atoms with Gasteiger partial charge in [0.15, 0.2) is 17.6 Å². The summed E-state index contributed by atoms with van der Waals surface area (Å²) in [6.07, 6.45) is 3.12. The number of hydrogen-bond donors (Lipinski definition) is 2. The molecule has 1 fully saturated rings. The van der Waals surface area contributed by atoms with Gasteiger partial charge < -0.3 is 15.5 Å². The quantitative estimate of drug-likeness (QED) is 0.378. The van der Waals surface area contributed by atoms with E-state index in [1.807, 2.05) is 4.90 Å². The van der Waals surface area contributed by atoms with E-state index in [9.17, 15) is 12.8 Å². The number of sulfonamides is 1. The second kappa shape index (κ2) is 9.84. The first kappa shape index (κ1) is 21.4. The molecule has 152 valence electrons. The van der Waals surface area contributed by atoms with Gasteiger partial charge in [-0.1, -0.05) is 0 Å². The van der Waals surface area contributed by atoms with Crippen LogP contribution < -0.4 is 15.5 Å². The molecule has 1 aromatic rings. The van der Waals surface area contributed by atoms with Crippen molar-refractivity contribution in [2.45, 2.75) is 25.8 Å². The monoisotopic (exact) mass is 400 g/mol. The Hall–Kier alpha value is -1.94. The van der Waals surface area contributed by atoms with Gasteiger partial charge in [-0.15, -0.1) is 0 Å². The first-order valence-electron chi connectivity index (χ1n) is 9.14. The molecule has 0 aromatic carbocycles. The molecule has 0 saturated carbocycles. The molecule has 8 nitrogen and oxygen atoms in total. The second-order valence-corrected chi connectivity index (χ2v) is 8.82. The van der Waals surface area contributed by atoms with Crippen LogP contribution in [-0.2, 0) is 10.0 Å². The zero-order valence-electron chi connectivity index (χ0n) is 16.2. The van der Waals surface area contributed by atoms with Crippen molar-refractivity contribution in [2.24, 2.45) is 4.99 Å². The Morgan fingerprint density at radius 3 is 2.96 bits per heavy atom. The smallest absolute Gasteiger partial charge is 0.213 e. The minimum Gasteiger partial charge on any atom is -0.356 e. The molecule has 0 amide bonds. The number of nitrogens with one attached hydrogen (secondary N) is 2. The van der Waals surface area contributed by atoms with Crippen LogP contribution in [0.3, 0.4) is 0 Å². The number of pyridine rings is 1. The Morgan fingerprint density at radius 2 is 2.30 bits per heavy atom. The molecule has 1 atom stereocenters. The minimum absolute atomic E-state index is 0.106. The number of halogens is 1. The van der Waals surface area contributed by atoms with Crippen LogP contribution in [-0.4, -0.2) is 75.7 Å². The third-order valence-electron chi connectivity index (χ3n) is 4.57. The minimum atomic E-state index is -3.14. The van der Waals surface area contributed by atoms with Crippen molar-refractivity contribution in [3.05, 3.63) is 24.1 Å². The second-order valence-electron chi connectivity index (χ2n) is 6.46. The molecule has 1 aromatic heterocycles. The Bertz CT molecular complexity index is 743. The molecule has 0 bridgehead atoms. The van der Waals surface area contributed by atoms with Crippen molar-refractivity contribution in [2.75, 3.05) is 50.9 Å². The van der Waals surface area contributed by atoms with Crippen molar-refractivity contribution < 1.29 is 12.8 Å². The largest absolute Gasteiger partial charge is 0.356 e. The van der Waals surface area contributed by atoms with Gasteiger partial charge in [0.1, 0.15) is 0 Å². The third kappa shape index (κ3) is 6.03. The molecule has 1 aliphatic rings. The molecule has 0 spiro atoms. The van der Waals surface area contributed by atoms with Gasteiger partial charge in [0.25, 0.3) is 0 Å². The molecule has 27 heavy (non-hydrogen) atoms. The molecule has 2 rings (SSSR count). The van der Waals surface area contributed by atoms with E-state index in [-0.39, 0.29) is 17.6 Å². The van der Waals surface area contributed by atoms with E-state index in [1.54, 1.807) is 33.3 Å². The lowest BCUT2D eigenvalue weighted by molar-refractivity contribution is 0.461. The molecular weight excluding hydrogens is 371 g/mol. The first-order chi connectivity index (χ1) is 12.9. The van der Waals surface area contributed by atoms with Gasteiger partial charge in [0, 0.05) is 52.5 Å². The molecule has 0 aliphatic carbocycles. The van der Waals surface area contributed by atoms with Gasteiger partial charge in [0.05, 0.1) is 5.75 Å². The van der Waals surface area contributed by atoms with Gasteiger partial charge >= 0.3 is 0 Å². The number of hydrogen-bond acceptors (Lipinski definition) is 5. The Labute approximate surface area is 160 Å². The third-order valence-corrected chi connectivity index (χ3v) is 6.44. The maximum atomic E-state index is 13.9. The predicted molar refractivity (Wildman–Crippen MR) is 106 cm³/mol. The van der Waals surface area contributed by atoms with E-state index < -0.39 is 10.0 Å². The summed E-state index contributed by atoms with van der Waals surface area (Å²) >= 11 is 0. The average Bonchev–Trinajstić information content (AvgIpc) is 3.12. The van der Waals surface area contributed by atoms with Crippen molar-refractivity contribution in [1.82, 2.24) is 19.9 Å². The maximum Gasteiger partial charge on any atom is 0.213 e. The van der Waals surface area contributed by atoms with E-state index >= 15 is 0 Å². The van der Waals surface area contributed by atoms with E-state index in [0.29, 0.717) is 37.8 Å². The van der Waals surface area contributed by atoms with Crippen LogP contribution >= 0.6 is 0 Å². The van der Waals surface area contributed by atoms with Crippen LogP contribution in [0.15, 0.2) is 23.3 Å². The molecule has 0 radical (unpaired) electrons. The first-order valence-corrected chi connectivity index (χ1v) is 10.7. The summed E-state index contributed by atoms with van der Waals surface area (Å²) in [5.74, 6) is 0.830. The number of nitrogens with zero attached hydrogens (tertiary/aromatic N) is 4. The fraction of sp³-hybridized carbons (Fsp3) is 0.647. The lowest BCUT2D eigenvalue weighted by Crippen LogP contribution is -2.45. The number of anilines is 1. The molecule has 1 saturated heterocycles.